The smallest absolute Gasteiger partial charge is 0.374 e. The molecule has 0 aliphatic carbocycles. The Bertz CT molecular complexity index is 1670. The number of benzene rings is 3. The van der Waals surface area contributed by atoms with Crippen LogP contribution in [-0.4, -0.2) is 33.2 Å². The van der Waals surface area contributed by atoms with Gasteiger partial charge >= 0.3 is 6.18 Å². The maximum absolute atomic E-state index is 15.0. The Morgan fingerprint density at radius 2 is 1.68 bits per heavy atom. The van der Waals surface area contributed by atoms with Crippen molar-refractivity contribution in [1.82, 2.24) is 20.5 Å². The monoisotopic (exact) mass is 561 g/mol. The molecule has 1 unspecified atom stereocenters. The van der Waals surface area contributed by atoms with Crippen molar-refractivity contribution in [3.63, 3.8) is 0 Å². The predicted molar refractivity (Wildman–Crippen MR) is 146 cm³/mol. The Morgan fingerprint density at radius 1 is 0.951 bits per heavy atom. The van der Waals surface area contributed by atoms with Crippen molar-refractivity contribution in [2.24, 2.45) is 0 Å². The molecule has 7 nitrogen and oxygen atoms in total. The van der Waals surface area contributed by atoms with E-state index in [-0.39, 0.29) is 11.4 Å². The first-order valence-electron chi connectivity index (χ1n) is 12.4. The summed E-state index contributed by atoms with van der Waals surface area (Å²) in [6.45, 7) is 0. The largest absolute Gasteiger partial charge is 0.417 e. The van der Waals surface area contributed by atoms with E-state index in [2.05, 4.69) is 25.8 Å². The van der Waals surface area contributed by atoms with Gasteiger partial charge in [0.2, 0.25) is 0 Å². The topological polar surface area (TPSA) is 103 Å². The normalized spacial score (nSPS) is 12.2. The number of hydrogen-bond acceptors (Lipinski definition) is 5. The van der Waals surface area contributed by atoms with Crippen LogP contribution in [0, 0.1) is 5.82 Å². The molecule has 11 heteroatoms. The number of aliphatic hydroxyl groups excluding tert-OH is 1. The molecule has 4 N–H and O–H groups in total. The molecule has 5 aromatic rings. The number of aliphatic hydroxyl groups is 1. The van der Waals surface area contributed by atoms with Crippen LogP contribution in [0.1, 0.15) is 27.7 Å². The van der Waals surface area contributed by atoms with Crippen LogP contribution < -0.4 is 10.6 Å². The van der Waals surface area contributed by atoms with Gasteiger partial charge in [-0.05, 0) is 42.4 Å². The van der Waals surface area contributed by atoms with E-state index < -0.39 is 40.8 Å². The standard InChI is InChI=1S/C30H23F4N5O2/c1-35-28(40)19-9-7-17(8-10-19)20-13-26(27(36-16-20)18-5-3-2-4-6-18)38-29(41)22-14-21(25-11-12-37-39-25)23(15-24(22)31)30(32,33)34/h2-16,28,35,40H,1H3,(H,37,39)(H,38,41). The van der Waals surface area contributed by atoms with E-state index in [0.717, 1.165) is 11.6 Å². The minimum atomic E-state index is -4.87. The zero-order valence-electron chi connectivity index (χ0n) is 21.5. The fourth-order valence-corrected chi connectivity index (χ4v) is 4.37. The molecule has 0 radical (unpaired) electrons. The van der Waals surface area contributed by atoms with Crippen LogP contribution in [0.15, 0.2) is 91.3 Å². The van der Waals surface area contributed by atoms with E-state index in [0.29, 0.717) is 28.5 Å². The van der Waals surface area contributed by atoms with Gasteiger partial charge in [-0.2, -0.15) is 18.3 Å². The summed E-state index contributed by atoms with van der Waals surface area (Å²) in [4.78, 5) is 17.9. The highest BCUT2D eigenvalue weighted by Crippen LogP contribution is 2.38. The van der Waals surface area contributed by atoms with Crippen molar-refractivity contribution in [1.29, 1.82) is 0 Å². The number of aromatic nitrogens is 3. The van der Waals surface area contributed by atoms with Crippen LogP contribution in [0.3, 0.4) is 0 Å². The molecule has 0 bridgehead atoms. The van der Waals surface area contributed by atoms with Crippen molar-refractivity contribution in [2.45, 2.75) is 12.4 Å². The first-order valence-corrected chi connectivity index (χ1v) is 12.4. The third-order valence-corrected chi connectivity index (χ3v) is 6.46. The highest BCUT2D eigenvalue weighted by molar-refractivity contribution is 6.07. The third kappa shape index (κ3) is 5.86. The van der Waals surface area contributed by atoms with E-state index >= 15 is 4.39 Å². The third-order valence-electron chi connectivity index (χ3n) is 6.46. The molecule has 208 valence electrons. The van der Waals surface area contributed by atoms with Crippen molar-refractivity contribution in [3.8, 4) is 33.6 Å². The van der Waals surface area contributed by atoms with Crippen molar-refractivity contribution in [2.75, 3.05) is 12.4 Å². The number of alkyl halides is 3. The lowest BCUT2D eigenvalue weighted by Gasteiger charge is -2.16. The lowest BCUT2D eigenvalue weighted by molar-refractivity contribution is -0.137. The molecule has 2 heterocycles. The number of hydrogen-bond donors (Lipinski definition) is 4. The van der Waals surface area contributed by atoms with Crippen LogP contribution in [0.4, 0.5) is 23.2 Å². The molecule has 5 rings (SSSR count). The average Bonchev–Trinajstić information content (AvgIpc) is 3.51. The van der Waals surface area contributed by atoms with Gasteiger partial charge in [0.25, 0.3) is 5.91 Å². The molecule has 1 amide bonds. The number of aromatic amines is 1. The van der Waals surface area contributed by atoms with E-state index in [9.17, 15) is 23.1 Å². The second-order valence-corrected chi connectivity index (χ2v) is 9.10. The molecular weight excluding hydrogens is 538 g/mol. The number of nitrogens with zero attached hydrogens (tertiary/aromatic N) is 2. The maximum atomic E-state index is 15.0. The van der Waals surface area contributed by atoms with Gasteiger partial charge in [-0.25, -0.2) is 4.39 Å². The minimum absolute atomic E-state index is 0.0214. The molecule has 2 aromatic heterocycles. The summed E-state index contributed by atoms with van der Waals surface area (Å²) in [5, 5.41) is 21.5. The van der Waals surface area contributed by atoms with Crippen LogP contribution in [-0.2, 0) is 6.18 Å². The molecule has 1 atom stereocenters. The second kappa shape index (κ2) is 11.3. The maximum Gasteiger partial charge on any atom is 0.417 e. The van der Waals surface area contributed by atoms with Gasteiger partial charge in [0.1, 0.15) is 12.0 Å². The first-order chi connectivity index (χ1) is 19.7. The second-order valence-electron chi connectivity index (χ2n) is 9.10. The average molecular weight is 562 g/mol. The molecule has 0 fully saturated rings. The Labute approximate surface area is 231 Å². The Kier molecular flexibility index (Phi) is 7.64. The molecule has 0 saturated heterocycles. The van der Waals surface area contributed by atoms with Gasteiger partial charge in [0.05, 0.1) is 28.2 Å². The van der Waals surface area contributed by atoms with Crippen LogP contribution >= 0.6 is 0 Å². The predicted octanol–water partition coefficient (Wildman–Crippen LogP) is 6.43. The molecule has 0 aliphatic rings. The number of carbonyl (C=O) groups is 1. The molecule has 0 spiro atoms. The summed E-state index contributed by atoms with van der Waals surface area (Å²) in [5.74, 6) is -2.29. The summed E-state index contributed by atoms with van der Waals surface area (Å²) in [7, 11) is 1.62. The van der Waals surface area contributed by atoms with Gasteiger partial charge in [0, 0.05) is 29.1 Å². The minimum Gasteiger partial charge on any atom is -0.374 e. The lowest BCUT2D eigenvalue weighted by Crippen LogP contribution is -2.17. The van der Waals surface area contributed by atoms with Gasteiger partial charge in [-0.1, -0.05) is 54.6 Å². The van der Waals surface area contributed by atoms with Gasteiger partial charge in [-0.3, -0.25) is 20.2 Å². The van der Waals surface area contributed by atoms with E-state index in [1.807, 2.05) is 6.07 Å². The van der Waals surface area contributed by atoms with Crippen LogP contribution in [0.25, 0.3) is 33.6 Å². The summed E-state index contributed by atoms with van der Waals surface area (Å²) in [6.07, 6.45) is -2.85. The van der Waals surface area contributed by atoms with Crippen LogP contribution in [0.2, 0.25) is 0 Å². The Balaban J connectivity index is 1.56. The highest BCUT2D eigenvalue weighted by atomic mass is 19.4. The van der Waals surface area contributed by atoms with Crippen molar-refractivity contribution < 1.29 is 27.5 Å². The molecular formula is C30H23F4N5O2. The van der Waals surface area contributed by atoms with E-state index in [4.69, 9.17) is 0 Å². The van der Waals surface area contributed by atoms with Crippen molar-refractivity contribution in [3.05, 3.63) is 114 Å². The fraction of sp³-hybridized carbons (Fsp3) is 0.100. The lowest BCUT2D eigenvalue weighted by atomic mass is 9.99. The first kappa shape index (κ1) is 27.7. The fourth-order valence-electron chi connectivity index (χ4n) is 4.37. The zero-order valence-corrected chi connectivity index (χ0v) is 21.5. The molecule has 41 heavy (non-hydrogen) atoms. The number of amides is 1. The van der Waals surface area contributed by atoms with Crippen molar-refractivity contribution >= 4 is 11.6 Å². The summed E-state index contributed by atoms with van der Waals surface area (Å²) in [6, 6.07) is 20.0. The summed E-state index contributed by atoms with van der Waals surface area (Å²) in [5.41, 5.74) is 0.975. The summed E-state index contributed by atoms with van der Waals surface area (Å²) < 4.78 is 56.2. The van der Waals surface area contributed by atoms with Gasteiger partial charge < -0.3 is 10.4 Å². The summed E-state index contributed by atoms with van der Waals surface area (Å²) >= 11 is 0. The number of H-pyrrole nitrogens is 1. The van der Waals surface area contributed by atoms with E-state index in [1.165, 1.54) is 12.3 Å². The number of rotatable bonds is 7. The molecule has 3 aromatic carbocycles. The Hall–Kier alpha value is -4.87. The SMILES string of the molecule is CNC(O)c1ccc(-c2cnc(-c3ccccc3)c(NC(=O)c3cc(-c4ccn[nH]4)c(C(F)(F)F)cc3F)c2)cc1. The van der Waals surface area contributed by atoms with Gasteiger partial charge in [-0.15, -0.1) is 0 Å². The Morgan fingerprint density at radius 3 is 2.32 bits per heavy atom. The van der Waals surface area contributed by atoms with E-state index in [1.54, 1.807) is 67.8 Å². The van der Waals surface area contributed by atoms with Gasteiger partial charge in [0.15, 0.2) is 0 Å². The molecule has 0 saturated carbocycles. The zero-order chi connectivity index (χ0) is 29.1. The molecule has 0 aliphatic heterocycles. The quantitative estimate of drug-likeness (QED) is 0.136. The number of halogens is 4. The van der Waals surface area contributed by atoms with Crippen LogP contribution in [0.5, 0.6) is 0 Å². The highest BCUT2D eigenvalue weighted by Gasteiger charge is 2.36. The number of anilines is 1. The number of carbonyl (C=O) groups excluding carboxylic acids is 1. The number of pyridine rings is 1. The number of nitrogens with one attached hydrogen (secondary N) is 3.